The van der Waals surface area contributed by atoms with Gasteiger partial charge in [0.25, 0.3) is 0 Å². The van der Waals surface area contributed by atoms with Gasteiger partial charge in [0.1, 0.15) is 0 Å². The van der Waals surface area contributed by atoms with E-state index in [1.54, 1.807) is 5.57 Å². The van der Waals surface area contributed by atoms with Gasteiger partial charge in [-0.15, -0.1) is 0 Å². The van der Waals surface area contributed by atoms with E-state index < -0.39 is 0 Å². The van der Waals surface area contributed by atoms with Gasteiger partial charge in [-0.2, -0.15) is 0 Å². The average molecular weight is 168 g/mol. The smallest absolute Gasteiger partial charge is 0.00607 e. The summed E-state index contributed by atoms with van der Waals surface area (Å²) < 4.78 is 0. The summed E-state index contributed by atoms with van der Waals surface area (Å²) in [5.41, 5.74) is 3.08. The third kappa shape index (κ3) is 1.13. The van der Waals surface area contributed by atoms with E-state index in [1.165, 1.54) is 12.0 Å². The summed E-state index contributed by atoms with van der Waals surface area (Å²) in [6, 6.07) is 0. The topological polar surface area (TPSA) is 0 Å². The zero-order valence-electron chi connectivity index (χ0n) is 7.53. The molecule has 2 unspecified atom stereocenters. The minimum atomic E-state index is 0.522. The van der Waals surface area contributed by atoms with Gasteiger partial charge in [-0.1, -0.05) is 47.6 Å². The maximum absolute atomic E-state index is 3.64. The summed E-state index contributed by atoms with van der Waals surface area (Å²) in [4.78, 5) is 0. The van der Waals surface area contributed by atoms with Gasteiger partial charge in [-0.05, 0) is 18.8 Å². The molecular formula is C13H12. The van der Waals surface area contributed by atoms with E-state index in [2.05, 4.69) is 42.9 Å². The fraction of sp³-hybridized carbons (Fsp3) is 0.308. The van der Waals surface area contributed by atoms with Crippen LogP contribution < -0.4 is 0 Å². The molecular weight excluding hydrogens is 156 g/mol. The molecule has 0 N–H and O–H groups in total. The van der Waals surface area contributed by atoms with Crippen molar-refractivity contribution in [2.75, 3.05) is 0 Å². The number of hydrogen-bond donors (Lipinski definition) is 0. The van der Waals surface area contributed by atoms with Crippen LogP contribution >= 0.6 is 0 Å². The van der Waals surface area contributed by atoms with E-state index in [-0.39, 0.29) is 0 Å². The predicted octanol–water partition coefficient (Wildman–Crippen LogP) is 3.09. The van der Waals surface area contributed by atoms with Crippen LogP contribution in [-0.4, -0.2) is 0 Å². The molecule has 0 amide bonds. The van der Waals surface area contributed by atoms with Crippen molar-refractivity contribution < 1.29 is 0 Å². The molecule has 0 spiro atoms. The van der Waals surface area contributed by atoms with Crippen molar-refractivity contribution in [3.05, 3.63) is 54.0 Å². The molecule has 0 nitrogen and oxygen atoms in total. The van der Waals surface area contributed by atoms with E-state index in [0.717, 1.165) is 6.42 Å². The van der Waals surface area contributed by atoms with Crippen LogP contribution in [0.15, 0.2) is 47.6 Å². The third-order valence-electron chi connectivity index (χ3n) is 3.07. The van der Waals surface area contributed by atoms with Gasteiger partial charge in [-0.25, -0.2) is 0 Å². The first-order valence-electron chi connectivity index (χ1n) is 4.92. The van der Waals surface area contributed by atoms with Crippen LogP contribution in [0.25, 0.3) is 0 Å². The molecule has 0 aliphatic heterocycles. The largest absolute Gasteiger partial charge is 0.0839 e. The van der Waals surface area contributed by atoms with Gasteiger partial charge in [0.15, 0.2) is 0 Å². The molecule has 3 aliphatic rings. The predicted molar refractivity (Wildman–Crippen MR) is 53.9 cm³/mol. The van der Waals surface area contributed by atoms with Crippen molar-refractivity contribution >= 4 is 0 Å². The molecule has 0 bridgehead atoms. The molecule has 0 saturated heterocycles. The SMILES string of the molecule is [C]1C2C=CC=C2CC2=CC=CCC12. The Kier molecular flexibility index (Phi) is 1.55. The molecule has 2 radical (unpaired) electrons. The highest BCUT2D eigenvalue weighted by atomic mass is 14.3. The monoisotopic (exact) mass is 168 g/mol. The van der Waals surface area contributed by atoms with E-state index in [4.69, 9.17) is 0 Å². The summed E-state index contributed by atoms with van der Waals surface area (Å²) >= 11 is 0. The van der Waals surface area contributed by atoms with Crippen molar-refractivity contribution in [3.63, 3.8) is 0 Å². The van der Waals surface area contributed by atoms with E-state index in [0.29, 0.717) is 11.8 Å². The normalized spacial score (nSPS) is 35.1. The number of allylic oxidation sites excluding steroid dienone is 8. The second kappa shape index (κ2) is 2.73. The van der Waals surface area contributed by atoms with E-state index in [9.17, 15) is 0 Å². The Hall–Kier alpha value is -1.04. The fourth-order valence-corrected chi connectivity index (χ4v) is 2.33. The first-order valence-corrected chi connectivity index (χ1v) is 4.92. The lowest BCUT2D eigenvalue weighted by molar-refractivity contribution is 0.577. The summed E-state index contributed by atoms with van der Waals surface area (Å²) in [7, 11) is 0. The Balaban J connectivity index is 1.92. The van der Waals surface area contributed by atoms with Crippen LogP contribution in [0.4, 0.5) is 0 Å². The summed E-state index contributed by atoms with van der Waals surface area (Å²) in [6.45, 7) is 0. The Morgan fingerprint density at radius 1 is 1.15 bits per heavy atom. The van der Waals surface area contributed by atoms with Gasteiger partial charge >= 0.3 is 0 Å². The van der Waals surface area contributed by atoms with Gasteiger partial charge in [-0.3, -0.25) is 0 Å². The maximum Gasteiger partial charge on any atom is 0.00607 e. The molecule has 13 heavy (non-hydrogen) atoms. The van der Waals surface area contributed by atoms with E-state index >= 15 is 0 Å². The molecule has 64 valence electrons. The summed E-state index contributed by atoms with van der Waals surface area (Å²) in [6.07, 6.45) is 19.3. The van der Waals surface area contributed by atoms with Crippen LogP contribution in [0.5, 0.6) is 0 Å². The number of fused-ring (bicyclic) bond motifs is 2. The van der Waals surface area contributed by atoms with Crippen LogP contribution in [0.1, 0.15) is 12.8 Å². The molecule has 2 atom stereocenters. The Morgan fingerprint density at radius 2 is 2.08 bits per heavy atom. The van der Waals surface area contributed by atoms with Gasteiger partial charge < -0.3 is 0 Å². The van der Waals surface area contributed by atoms with Gasteiger partial charge in [0, 0.05) is 12.3 Å². The lowest BCUT2D eigenvalue weighted by atomic mass is 9.73. The maximum atomic E-state index is 3.64. The van der Waals surface area contributed by atoms with Crippen molar-refractivity contribution in [1.29, 1.82) is 0 Å². The number of hydrogen-bond acceptors (Lipinski definition) is 0. The average Bonchev–Trinajstić information content (AvgIpc) is 2.61. The summed E-state index contributed by atoms with van der Waals surface area (Å²) in [5.74, 6) is 1.11. The standard InChI is InChI=1S/C13H12/c1-2-5-11-9-13-7-3-6-12(13)8-10(11)4-1/h1-4,6-7,11,13H,5,8H2. The first-order chi connectivity index (χ1) is 6.43. The quantitative estimate of drug-likeness (QED) is 0.521. The molecule has 3 aliphatic carbocycles. The molecule has 3 rings (SSSR count). The second-order valence-corrected chi connectivity index (χ2v) is 3.91. The molecule has 0 aromatic rings. The Morgan fingerprint density at radius 3 is 3.08 bits per heavy atom. The fourth-order valence-electron chi connectivity index (χ4n) is 2.33. The second-order valence-electron chi connectivity index (χ2n) is 3.91. The molecule has 0 aromatic carbocycles. The van der Waals surface area contributed by atoms with Crippen molar-refractivity contribution in [3.8, 4) is 0 Å². The van der Waals surface area contributed by atoms with Crippen LogP contribution in [0.3, 0.4) is 0 Å². The lowest BCUT2D eigenvalue weighted by Gasteiger charge is -2.31. The van der Waals surface area contributed by atoms with Crippen LogP contribution in [-0.2, 0) is 0 Å². The van der Waals surface area contributed by atoms with E-state index in [1.807, 2.05) is 0 Å². The van der Waals surface area contributed by atoms with Gasteiger partial charge in [0.2, 0.25) is 0 Å². The Labute approximate surface area is 79.3 Å². The molecule has 1 saturated carbocycles. The first kappa shape index (κ1) is 7.37. The van der Waals surface area contributed by atoms with Crippen LogP contribution in [0.2, 0.25) is 0 Å². The van der Waals surface area contributed by atoms with Crippen LogP contribution in [0, 0.1) is 18.3 Å². The molecule has 0 heterocycles. The van der Waals surface area contributed by atoms with Crippen molar-refractivity contribution in [1.82, 2.24) is 0 Å². The zero-order chi connectivity index (χ0) is 8.67. The highest BCUT2D eigenvalue weighted by molar-refractivity contribution is 5.41. The van der Waals surface area contributed by atoms with Crippen molar-refractivity contribution in [2.24, 2.45) is 11.8 Å². The minimum Gasteiger partial charge on any atom is -0.0839 e. The lowest BCUT2D eigenvalue weighted by Crippen LogP contribution is -2.19. The molecule has 0 aromatic heterocycles. The van der Waals surface area contributed by atoms with Crippen molar-refractivity contribution in [2.45, 2.75) is 12.8 Å². The van der Waals surface area contributed by atoms with Gasteiger partial charge in [0.05, 0.1) is 0 Å². The minimum absolute atomic E-state index is 0.522. The zero-order valence-corrected chi connectivity index (χ0v) is 7.53. The summed E-state index contributed by atoms with van der Waals surface area (Å²) in [5, 5.41) is 0. The number of rotatable bonds is 0. The highest BCUT2D eigenvalue weighted by Crippen LogP contribution is 2.42. The third-order valence-corrected chi connectivity index (χ3v) is 3.07. The molecule has 0 heteroatoms. The molecule has 1 fully saturated rings. The highest BCUT2D eigenvalue weighted by Gasteiger charge is 2.29. The Bertz CT molecular complexity index is 337.